The Labute approximate surface area is 192 Å². The number of carbonyl (C=O) groups excluding carboxylic acids is 1. The van der Waals surface area contributed by atoms with E-state index in [1.807, 2.05) is 24.3 Å². The number of nitro groups is 1. The predicted molar refractivity (Wildman–Crippen MR) is 125 cm³/mol. The van der Waals surface area contributed by atoms with Crippen LogP contribution in [0, 0.1) is 10.1 Å². The minimum atomic E-state index is -0.464. The van der Waals surface area contributed by atoms with E-state index in [9.17, 15) is 14.9 Å². The highest BCUT2D eigenvalue weighted by Gasteiger charge is 2.20. The van der Waals surface area contributed by atoms with Crippen LogP contribution in [-0.2, 0) is 0 Å². The molecule has 1 saturated heterocycles. The zero-order chi connectivity index (χ0) is 23.2. The van der Waals surface area contributed by atoms with Crippen LogP contribution in [0.4, 0.5) is 5.69 Å². The molecule has 1 fully saturated rings. The molecule has 9 nitrogen and oxygen atoms in total. The lowest BCUT2D eigenvalue weighted by Crippen LogP contribution is -2.38. The number of non-ortho nitro benzene ring substituents is 1. The number of benzene rings is 2. The summed E-state index contributed by atoms with van der Waals surface area (Å²) in [7, 11) is 1.59. The summed E-state index contributed by atoms with van der Waals surface area (Å²) < 4.78 is 6.76. The molecule has 2 aromatic carbocycles. The van der Waals surface area contributed by atoms with Gasteiger partial charge in [-0.15, -0.1) is 0 Å². The summed E-state index contributed by atoms with van der Waals surface area (Å²) in [6.45, 7) is 3.43. The van der Waals surface area contributed by atoms with Crippen LogP contribution in [0.1, 0.15) is 29.8 Å². The van der Waals surface area contributed by atoms with Crippen LogP contribution in [0.25, 0.3) is 16.9 Å². The van der Waals surface area contributed by atoms with Crippen LogP contribution in [0.2, 0.25) is 0 Å². The van der Waals surface area contributed by atoms with Gasteiger partial charge in [0, 0.05) is 30.8 Å². The second-order valence-corrected chi connectivity index (χ2v) is 7.99. The van der Waals surface area contributed by atoms with Crippen LogP contribution in [-0.4, -0.2) is 58.8 Å². The van der Waals surface area contributed by atoms with E-state index in [4.69, 9.17) is 4.74 Å². The molecule has 0 unspecified atom stereocenters. The summed E-state index contributed by atoms with van der Waals surface area (Å²) in [5, 5.41) is 18.9. The Kier molecular flexibility index (Phi) is 6.99. The fraction of sp³-hybridized carbons (Fsp3) is 0.333. The molecule has 172 valence electrons. The SMILES string of the molecule is COc1cccc(-c2cc(C(=O)NCCN3CCCCC3)n(-c3cccc([N+](=O)[O-])c3)n2)c1. The molecule has 1 aliphatic rings. The van der Waals surface area contributed by atoms with Crippen LogP contribution >= 0.6 is 0 Å². The number of nitrogens with zero attached hydrogens (tertiary/aromatic N) is 4. The first-order valence-electron chi connectivity index (χ1n) is 11.0. The second kappa shape index (κ2) is 10.3. The Morgan fingerprint density at radius 2 is 1.91 bits per heavy atom. The third kappa shape index (κ3) is 5.38. The average Bonchev–Trinajstić information content (AvgIpc) is 3.30. The van der Waals surface area contributed by atoms with Crippen molar-refractivity contribution in [1.82, 2.24) is 20.0 Å². The molecular weight excluding hydrogens is 422 g/mol. The van der Waals surface area contributed by atoms with E-state index in [0.717, 1.165) is 25.2 Å². The van der Waals surface area contributed by atoms with Crippen LogP contribution in [0.3, 0.4) is 0 Å². The van der Waals surface area contributed by atoms with Gasteiger partial charge in [-0.3, -0.25) is 14.9 Å². The van der Waals surface area contributed by atoms with Crippen molar-refractivity contribution in [3.63, 3.8) is 0 Å². The standard InChI is InChI=1S/C24H27N5O4/c1-33-21-10-5-7-18(15-21)22-17-23(24(30)25-11-14-27-12-3-2-4-13-27)28(26-22)19-8-6-9-20(16-19)29(31)32/h5-10,15-17H,2-4,11-14H2,1H3,(H,25,30). The number of rotatable bonds is 8. The van der Waals surface area contributed by atoms with Gasteiger partial charge in [0.15, 0.2) is 0 Å². The van der Waals surface area contributed by atoms with Gasteiger partial charge >= 0.3 is 0 Å². The quantitative estimate of drug-likeness (QED) is 0.416. The molecule has 33 heavy (non-hydrogen) atoms. The number of hydrogen-bond acceptors (Lipinski definition) is 6. The van der Waals surface area contributed by atoms with Crippen molar-refractivity contribution >= 4 is 11.6 Å². The molecule has 1 aliphatic heterocycles. The topological polar surface area (TPSA) is 103 Å². The number of piperidine rings is 1. The lowest BCUT2D eigenvalue weighted by atomic mass is 10.1. The number of ether oxygens (including phenoxy) is 1. The van der Waals surface area contributed by atoms with E-state index in [2.05, 4.69) is 15.3 Å². The van der Waals surface area contributed by atoms with E-state index >= 15 is 0 Å². The Bertz CT molecular complexity index is 1140. The molecule has 0 bridgehead atoms. The van der Waals surface area contributed by atoms with Crippen LogP contribution in [0.5, 0.6) is 5.75 Å². The van der Waals surface area contributed by atoms with Gasteiger partial charge in [0.2, 0.25) is 0 Å². The molecule has 1 amide bonds. The van der Waals surface area contributed by atoms with E-state index in [-0.39, 0.29) is 11.6 Å². The number of amides is 1. The highest BCUT2D eigenvalue weighted by Crippen LogP contribution is 2.26. The lowest BCUT2D eigenvalue weighted by molar-refractivity contribution is -0.384. The highest BCUT2D eigenvalue weighted by molar-refractivity contribution is 5.94. The zero-order valence-electron chi connectivity index (χ0n) is 18.6. The Morgan fingerprint density at radius 1 is 1.12 bits per heavy atom. The Morgan fingerprint density at radius 3 is 2.67 bits per heavy atom. The maximum Gasteiger partial charge on any atom is 0.271 e. The number of nitrogens with one attached hydrogen (secondary N) is 1. The van der Waals surface area contributed by atoms with E-state index < -0.39 is 4.92 Å². The first kappa shape index (κ1) is 22.5. The smallest absolute Gasteiger partial charge is 0.271 e. The average molecular weight is 450 g/mol. The first-order chi connectivity index (χ1) is 16.0. The Hall–Kier alpha value is -3.72. The molecular formula is C24H27N5O4. The maximum atomic E-state index is 13.1. The third-order valence-electron chi connectivity index (χ3n) is 5.75. The second-order valence-electron chi connectivity index (χ2n) is 7.99. The minimum absolute atomic E-state index is 0.0672. The molecule has 0 spiro atoms. The number of nitro benzene ring substituents is 1. The lowest BCUT2D eigenvalue weighted by Gasteiger charge is -2.26. The van der Waals surface area contributed by atoms with E-state index in [1.165, 1.54) is 36.1 Å². The molecule has 0 atom stereocenters. The first-order valence-corrected chi connectivity index (χ1v) is 11.0. The summed E-state index contributed by atoms with van der Waals surface area (Å²) in [5.41, 5.74) is 2.04. The molecule has 0 saturated carbocycles. The van der Waals surface area contributed by atoms with Crippen molar-refractivity contribution < 1.29 is 14.5 Å². The maximum absolute atomic E-state index is 13.1. The fourth-order valence-corrected chi connectivity index (χ4v) is 4.00. The monoisotopic (exact) mass is 449 g/mol. The molecule has 3 aromatic rings. The van der Waals surface area contributed by atoms with Gasteiger partial charge in [0.25, 0.3) is 11.6 Å². The van der Waals surface area contributed by atoms with Gasteiger partial charge in [-0.2, -0.15) is 5.10 Å². The van der Waals surface area contributed by atoms with Crippen molar-refractivity contribution in [2.24, 2.45) is 0 Å². The van der Waals surface area contributed by atoms with Gasteiger partial charge in [-0.25, -0.2) is 4.68 Å². The van der Waals surface area contributed by atoms with Gasteiger partial charge in [0.05, 0.1) is 23.4 Å². The van der Waals surface area contributed by atoms with Crippen molar-refractivity contribution in [2.45, 2.75) is 19.3 Å². The largest absolute Gasteiger partial charge is 0.497 e. The molecule has 2 heterocycles. The van der Waals surface area contributed by atoms with Gasteiger partial charge in [-0.1, -0.05) is 24.6 Å². The highest BCUT2D eigenvalue weighted by atomic mass is 16.6. The van der Waals surface area contributed by atoms with Crippen LogP contribution in [0.15, 0.2) is 54.6 Å². The number of carbonyl (C=O) groups is 1. The number of methoxy groups -OCH3 is 1. The summed E-state index contributed by atoms with van der Waals surface area (Å²) in [6, 6.07) is 15.2. The summed E-state index contributed by atoms with van der Waals surface area (Å²) >= 11 is 0. The number of likely N-dealkylation sites (tertiary alicyclic amines) is 1. The van der Waals surface area contributed by atoms with Crippen molar-refractivity contribution in [3.8, 4) is 22.7 Å². The molecule has 4 rings (SSSR count). The number of hydrogen-bond donors (Lipinski definition) is 1. The van der Waals surface area contributed by atoms with Crippen molar-refractivity contribution in [2.75, 3.05) is 33.3 Å². The zero-order valence-corrected chi connectivity index (χ0v) is 18.6. The molecule has 1 aromatic heterocycles. The van der Waals surface area contributed by atoms with Gasteiger partial charge < -0.3 is 15.0 Å². The molecule has 0 aliphatic carbocycles. The summed E-state index contributed by atoms with van der Waals surface area (Å²) in [6.07, 6.45) is 3.65. The fourth-order valence-electron chi connectivity index (χ4n) is 4.00. The number of aromatic nitrogens is 2. The van der Waals surface area contributed by atoms with E-state index in [1.54, 1.807) is 25.3 Å². The molecule has 0 radical (unpaired) electrons. The summed E-state index contributed by atoms with van der Waals surface area (Å²) in [5.74, 6) is 0.394. The normalized spacial score (nSPS) is 14.1. The Balaban J connectivity index is 1.63. The third-order valence-corrected chi connectivity index (χ3v) is 5.75. The van der Waals surface area contributed by atoms with Crippen molar-refractivity contribution in [1.29, 1.82) is 0 Å². The summed E-state index contributed by atoms with van der Waals surface area (Å²) in [4.78, 5) is 26.3. The van der Waals surface area contributed by atoms with E-state index in [0.29, 0.717) is 29.4 Å². The molecule has 9 heteroatoms. The minimum Gasteiger partial charge on any atom is -0.497 e. The van der Waals surface area contributed by atoms with Gasteiger partial charge in [-0.05, 0) is 50.2 Å². The molecule has 1 N–H and O–H groups in total. The van der Waals surface area contributed by atoms with Gasteiger partial charge in [0.1, 0.15) is 11.4 Å². The van der Waals surface area contributed by atoms with Crippen LogP contribution < -0.4 is 10.1 Å². The van der Waals surface area contributed by atoms with Crippen molar-refractivity contribution in [3.05, 3.63) is 70.4 Å². The predicted octanol–water partition coefficient (Wildman–Crippen LogP) is 3.67.